The molecule has 0 unspecified atom stereocenters. The molecule has 5 rings (SSSR count). The van der Waals surface area contributed by atoms with Gasteiger partial charge in [-0.3, -0.25) is 0 Å². The van der Waals surface area contributed by atoms with E-state index in [2.05, 4.69) is 16.4 Å². The summed E-state index contributed by atoms with van der Waals surface area (Å²) in [6, 6.07) is 19.0. The molecule has 0 bridgehead atoms. The van der Waals surface area contributed by atoms with E-state index in [0.29, 0.717) is 18.0 Å². The minimum Gasteiger partial charge on any atom is -0.493 e. The first-order valence-corrected chi connectivity index (χ1v) is 10.6. The van der Waals surface area contributed by atoms with Crippen LogP contribution in [0.4, 0.5) is 13.2 Å². The second-order valence-corrected chi connectivity index (χ2v) is 8.09. The van der Waals surface area contributed by atoms with Crippen LogP contribution >= 0.6 is 0 Å². The van der Waals surface area contributed by atoms with Gasteiger partial charge in [-0.2, -0.15) is 13.2 Å². The van der Waals surface area contributed by atoms with Crippen molar-refractivity contribution in [2.75, 3.05) is 20.8 Å². The highest BCUT2D eigenvalue weighted by molar-refractivity contribution is 5.87. The van der Waals surface area contributed by atoms with E-state index < -0.39 is 11.7 Å². The Morgan fingerprint density at radius 1 is 0.879 bits per heavy atom. The smallest absolute Gasteiger partial charge is 0.416 e. The lowest BCUT2D eigenvalue weighted by molar-refractivity contribution is -0.137. The van der Waals surface area contributed by atoms with E-state index in [1.165, 1.54) is 0 Å². The molecule has 0 spiro atoms. The van der Waals surface area contributed by atoms with Gasteiger partial charge in [0.15, 0.2) is 11.5 Å². The van der Waals surface area contributed by atoms with Crippen LogP contribution in [0, 0.1) is 0 Å². The number of methoxy groups -OCH3 is 2. The maximum absolute atomic E-state index is 13.1. The van der Waals surface area contributed by atoms with Crippen molar-refractivity contribution in [1.29, 1.82) is 0 Å². The number of rotatable bonds is 4. The van der Waals surface area contributed by atoms with Crippen LogP contribution in [0.5, 0.6) is 11.5 Å². The summed E-state index contributed by atoms with van der Waals surface area (Å²) in [5, 5.41) is 4.62. The number of benzene rings is 3. The first kappa shape index (κ1) is 21.4. The van der Waals surface area contributed by atoms with Crippen molar-refractivity contribution in [3.63, 3.8) is 0 Å². The van der Waals surface area contributed by atoms with E-state index in [0.717, 1.165) is 45.4 Å². The van der Waals surface area contributed by atoms with E-state index >= 15 is 0 Å². The van der Waals surface area contributed by atoms with Gasteiger partial charge in [0.2, 0.25) is 0 Å². The molecule has 7 heteroatoms. The standard InChI is InChI=1S/C26H23F3N2O2/c1-32-21-9-5-7-17(25(21)33-2)19-14-30-23(15-10-12-16(13-11-15)26(27,28)29)24-22(19)18-6-3-4-8-20(18)31-24/h3-13,19,23,30-31H,14H2,1-2H3/t19-,23-/m1/s1. The van der Waals surface area contributed by atoms with Crippen LogP contribution in [0.2, 0.25) is 0 Å². The van der Waals surface area contributed by atoms with Crippen LogP contribution in [-0.4, -0.2) is 25.7 Å². The first-order valence-electron chi connectivity index (χ1n) is 10.6. The monoisotopic (exact) mass is 452 g/mol. The Morgan fingerprint density at radius 3 is 2.33 bits per heavy atom. The number of halogens is 3. The molecule has 0 amide bonds. The van der Waals surface area contributed by atoms with E-state index in [1.807, 2.05) is 36.4 Å². The van der Waals surface area contributed by atoms with Gasteiger partial charge in [0.25, 0.3) is 0 Å². The molecule has 2 N–H and O–H groups in total. The molecule has 1 aromatic heterocycles. The van der Waals surface area contributed by atoms with Gasteiger partial charge in [-0.05, 0) is 35.4 Å². The minimum absolute atomic E-state index is 0.0353. The second-order valence-electron chi connectivity index (χ2n) is 8.09. The van der Waals surface area contributed by atoms with Crippen molar-refractivity contribution in [2.24, 2.45) is 0 Å². The molecule has 4 aromatic rings. The molecule has 2 heterocycles. The maximum Gasteiger partial charge on any atom is 0.416 e. The van der Waals surface area contributed by atoms with Gasteiger partial charge < -0.3 is 19.8 Å². The van der Waals surface area contributed by atoms with Crippen molar-refractivity contribution in [3.05, 3.63) is 94.7 Å². The fraction of sp³-hybridized carbons (Fsp3) is 0.231. The summed E-state index contributed by atoms with van der Waals surface area (Å²) in [4.78, 5) is 3.52. The Morgan fingerprint density at radius 2 is 1.64 bits per heavy atom. The molecule has 0 fully saturated rings. The Bertz CT molecular complexity index is 1300. The van der Waals surface area contributed by atoms with E-state index in [9.17, 15) is 13.2 Å². The van der Waals surface area contributed by atoms with Crippen molar-refractivity contribution in [2.45, 2.75) is 18.1 Å². The molecule has 1 aliphatic heterocycles. The fourth-order valence-electron chi connectivity index (χ4n) is 4.83. The van der Waals surface area contributed by atoms with Gasteiger partial charge in [0, 0.05) is 34.6 Å². The van der Waals surface area contributed by atoms with Crippen LogP contribution in [0.25, 0.3) is 10.9 Å². The molecular formula is C26H23F3N2O2. The quantitative estimate of drug-likeness (QED) is 0.398. The van der Waals surface area contributed by atoms with Crippen molar-refractivity contribution < 1.29 is 22.6 Å². The number of H-pyrrole nitrogens is 1. The minimum atomic E-state index is -4.36. The lowest BCUT2D eigenvalue weighted by Gasteiger charge is -2.32. The summed E-state index contributed by atoms with van der Waals surface area (Å²) in [5.41, 5.74) is 4.14. The Hall–Kier alpha value is -3.45. The highest BCUT2D eigenvalue weighted by atomic mass is 19.4. The Balaban J connectivity index is 1.65. The number of hydrogen-bond acceptors (Lipinski definition) is 3. The maximum atomic E-state index is 13.1. The third-order valence-corrected chi connectivity index (χ3v) is 6.32. The largest absolute Gasteiger partial charge is 0.493 e. The topological polar surface area (TPSA) is 46.3 Å². The average molecular weight is 452 g/mol. The van der Waals surface area contributed by atoms with Crippen molar-refractivity contribution in [3.8, 4) is 11.5 Å². The van der Waals surface area contributed by atoms with Crippen LogP contribution in [0.3, 0.4) is 0 Å². The lowest BCUT2D eigenvalue weighted by Crippen LogP contribution is -2.34. The lowest BCUT2D eigenvalue weighted by atomic mass is 9.82. The summed E-state index contributed by atoms with van der Waals surface area (Å²) in [5.74, 6) is 1.30. The summed E-state index contributed by atoms with van der Waals surface area (Å²) in [6.07, 6.45) is -4.36. The van der Waals surface area contributed by atoms with E-state index in [-0.39, 0.29) is 12.0 Å². The van der Waals surface area contributed by atoms with Gasteiger partial charge in [-0.25, -0.2) is 0 Å². The molecule has 2 atom stereocenters. The van der Waals surface area contributed by atoms with E-state index in [1.54, 1.807) is 26.4 Å². The molecule has 33 heavy (non-hydrogen) atoms. The van der Waals surface area contributed by atoms with Crippen LogP contribution < -0.4 is 14.8 Å². The van der Waals surface area contributed by atoms with Gasteiger partial charge in [-0.1, -0.05) is 42.5 Å². The number of nitrogens with one attached hydrogen (secondary N) is 2. The number of hydrogen-bond donors (Lipinski definition) is 2. The van der Waals surface area contributed by atoms with Crippen molar-refractivity contribution in [1.82, 2.24) is 10.3 Å². The number of ether oxygens (including phenoxy) is 2. The SMILES string of the molecule is COc1cccc([C@H]2CN[C@H](c3ccc(C(F)(F)F)cc3)c3[nH]c4ccccc4c32)c1OC. The number of aromatic amines is 1. The van der Waals surface area contributed by atoms with Crippen LogP contribution in [0.1, 0.15) is 39.9 Å². The molecule has 1 aliphatic rings. The normalized spacial score (nSPS) is 18.2. The number of fused-ring (bicyclic) bond motifs is 3. The Labute approximate surface area is 189 Å². The van der Waals surface area contributed by atoms with Gasteiger partial charge in [-0.15, -0.1) is 0 Å². The zero-order chi connectivity index (χ0) is 23.2. The molecule has 0 radical (unpaired) electrons. The fourth-order valence-corrected chi connectivity index (χ4v) is 4.83. The second kappa shape index (κ2) is 8.15. The highest BCUT2D eigenvalue weighted by Gasteiger charge is 2.35. The summed E-state index contributed by atoms with van der Waals surface area (Å²) in [6.45, 7) is 0.587. The zero-order valence-electron chi connectivity index (χ0n) is 18.2. The predicted molar refractivity (Wildman–Crippen MR) is 121 cm³/mol. The van der Waals surface area contributed by atoms with Gasteiger partial charge in [0.05, 0.1) is 25.8 Å². The van der Waals surface area contributed by atoms with Crippen LogP contribution in [-0.2, 0) is 6.18 Å². The summed E-state index contributed by atoms with van der Waals surface area (Å²) >= 11 is 0. The molecular weight excluding hydrogens is 429 g/mol. The first-order chi connectivity index (χ1) is 15.9. The molecule has 0 saturated heterocycles. The number of alkyl halides is 3. The molecule has 0 saturated carbocycles. The summed E-state index contributed by atoms with van der Waals surface area (Å²) < 4.78 is 50.4. The highest BCUT2D eigenvalue weighted by Crippen LogP contribution is 2.46. The third kappa shape index (κ3) is 3.62. The number of aromatic nitrogens is 1. The number of para-hydroxylation sites is 2. The Kier molecular flexibility index (Phi) is 5.29. The average Bonchev–Trinajstić information content (AvgIpc) is 3.22. The predicted octanol–water partition coefficient (Wildman–Crippen LogP) is 6.03. The molecule has 170 valence electrons. The third-order valence-electron chi connectivity index (χ3n) is 6.32. The van der Waals surface area contributed by atoms with Crippen LogP contribution in [0.15, 0.2) is 66.7 Å². The molecule has 4 nitrogen and oxygen atoms in total. The molecule has 3 aromatic carbocycles. The summed E-state index contributed by atoms with van der Waals surface area (Å²) in [7, 11) is 3.23. The van der Waals surface area contributed by atoms with Gasteiger partial charge >= 0.3 is 6.18 Å². The van der Waals surface area contributed by atoms with E-state index in [4.69, 9.17) is 9.47 Å². The van der Waals surface area contributed by atoms with Gasteiger partial charge in [0.1, 0.15) is 0 Å². The zero-order valence-corrected chi connectivity index (χ0v) is 18.2. The van der Waals surface area contributed by atoms with Crippen molar-refractivity contribution >= 4 is 10.9 Å². The molecule has 0 aliphatic carbocycles.